The van der Waals surface area contributed by atoms with E-state index in [-0.39, 0.29) is 10.3 Å². The third-order valence-electron chi connectivity index (χ3n) is 6.16. The highest BCUT2D eigenvalue weighted by Crippen LogP contribution is 2.41. The van der Waals surface area contributed by atoms with Crippen LogP contribution in [0.1, 0.15) is 36.3 Å². The summed E-state index contributed by atoms with van der Waals surface area (Å²) in [4.78, 5) is 2.55. The van der Waals surface area contributed by atoms with Gasteiger partial charge in [0.15, 0.2) is 0 Å². The van der Waals surface area contributed by atoms with Gasteiger partial charge in [-0.25, -0.2) is 12.8 Å². The van der Waals surface area contributed by atoms with Gasteiger partial charge in [0.2, 0.25) is 10.0 Å². The molecule has 0 bridgehead atoms. The van der Waals surface area contributed by atoms with Crippen molar-refractivity contribution in [1.29, 1.82) is 0 Å². The molecule has 1 spiro atoms. The van der Waals surface area contributed by atoms with Gasteiger partial charge in [0, 0.05) is 31.7 Å². The standard InChI is InChI=1S/C20H26FN3O3S/c1-15-19(16(2)27-22-15)12-23-10-3-8-20(13-23)9-11-24(14-20)28(25,26)18-6-4-17(21)5-7-18/h4-7H,3,8-14H2,1-2H3/t20-/m0/s1. The van der Waals surface area contributed by atoms with Crippen LogP contribution in [0, 0.1) is 25.1 Å². The minimum absolute atomic E-state index is 0.0235. The van der Waals surface area contributed by atoms with E-state index in [1.165, 1.54) is 24.3 Å². The molecule has 2 aliphatic heterocycles. The molecule has 8 heteroatoms. The van der Waals surface area contributed by atoms with Crippen molar-refractivity contribution >= 4 is 10.0 Å². The summed E-state index contributed by atoms with van der Waals surface area (Å²) in [5, 5.41) is 4.04. The maximum absolute atomic E-state index is 13.2. The topological polar surface area (TPSA) is 66.7 Å². The summed E-state index contributed by atoms with van der Waals surface area (Å²) in [6, 6.07) is 5.09. The smallest absolute Gasteiger partial charge is 0.243 e. The van der Waals surface area contributed by atoms with Crippen LogP contribution in [0.4, 0.5) is 4.39 Å². The Balaban J connectivity index is 1.48. The van der Waals surface area contributed by atoms with Crippen LogP contribution in [0.25, 0.3) is 0 Å². The van der Waals surface area contributed by atoms with E-state index in [0.29, 0.717) is 13.1 Å². The lowest BCUT2D eigenvalue weighted by Gasteiger charge is -2.40. The van der Waals surface area contributed by atoms with Crippen molar-refractivity contribution < 1.29 is 17.3 Å². The first-order valence-electron chi connectivity index (χ1n) is 9.69. The Morgan fingerprint density at radius 3 is 2.57 bits per heavy atom. The molecular weight excluding hydrogens is 381 g/mol. The van der Waals surface area contributed by atoms with Gasteiger partial charge in [-0.2, -0.15) is 4.31 Å². The first-order valence-corrected chi connectivity index (χ1v) is 11.1. The summed E-state index contributed by atoms with van der Waals surface area (Å²) >= 11 is 0. The zero-order chi connectivity index (χ0) is 19.9. The summed E-state index contributed by atoms with van der Waals surface area (Å²) in [5.41, 5.74) is 2.03. The number of rotatable bonds is 4. The van der Waals surface area contributed by atoms with Crippen LogP contribution in [-0.4, -0.2) is 49.0 Å². The van der Waals surface area contributed by atoms with E-state index < -0.39 is 15.8 Å². The fourth-order valence-corrected chi connectivity index (χ4v) is 6.14. The Morgan fingerprint density at radius 2 is 1.89 bits per heavy atom. The molecule has 6 nitrogen and oxygen atoms in total. The second-order valence-electron chi connectivity index (χ2n) is 8.16. The fourth-order valence-electron chi connectivity index (χ4n) is 4.58. The number of nitrogens with zero attached hydrogens (tertiary/aromatic N) is 3. The summed E-state index contributed by atoms with van der Waals surface area (Å²) in [7, 11) is -3.59. The van der Waals surface area contributed by atoms with E-state index in [2.05, 4.69) is 10.1 Å². The van der Waals surface area contributed by atoms with Crippen molar-refractivity contribution in [1.82, 2.24) is 14.4 Å². The Morgan fingerprint density at radius 1 is 1.14 bits per heavy atom. The number of sulfonamides is 1. The molecule has 0 saturated carbocycles. The zero-order valence-electron chi connectivity index (χ0n) is 16.3. The molecule has 2 fully saturated rings. The first kappa shape index (κ1) is 19.5. The summed E-state index contributed by atoms with van der Waals surface area (Å²) in [5.74, 6) is 0.420. The number of benzene rings is 1. The minimum atomic E-state index is -3.59. The number of likely N-dealkylation sites (tertiary alicyclic amines) is 1. The highest BCUT2D eigenvalue weighted by molar-refractivity contribution is 7.89. The lowest BCUT2D eigenvalue weighted by atomic mass is 9.79. The molecule has 0 unspecified atom stereocenters. The SMILES string of the molecule is Cc1noc(C)c1CN1CCC[C@]2(CCN(S(=O)(=O)c3ccc(F)cc3)C2)C1. The van der Waals surface area contributed by atoms with Crippen LogP contribution in [0.2, 0.25) is 0 Å². The molecule has 0 aliphatic carbocycles. The molecular formula is C20H26FN3O3S. The van der Waals surface area contributed by atoms with Crippen LogP contribution in [-0.2, 0) is 16.6 Å². The average molecular weight is 408 g/mol. The molecule has 2 aromatic rings. The fraction of sp³-hybridized carbons (Fsp3) is 0.550. The third-order valence-corrected chi connectivity index (χ3v) is 8.02. The molecule has 1 atom stereocenters. The van der Waals surface area contributed by atoms with Crippen molar-refractivity contribution in [3.05, 3.63) is 47.1 Å². The van der Waals surface area contributed by atoms with Gasteiger partial charge in [-0.3, -0.25) is 4.90 Å². The highest BCUT2D eigenvalue weighted by Gasteiger charge is 2.45. The molecule has 2 aliphatic rings. The first-order chi connectivity index (χ1) is 13.3. The van der Waals surface area contributed by atoms with E-state index in [9.17, 15) is 12.8 Å². The summed E-state index contributed by atoms with van der Waals surface area (Å²) in [6.07, 6.45) is 2.93. The quantitative estimate of drug-likeness (QED) is 0.779. The number of halogens is 1. The van der Waals surface area contributed by atoms with E-state index in [1.54, 1.807) is 4.31 Å². The van der Waals surface area contributed by atoms with Gasteiger partial charge in [0.1, 0.15) is 11.6 Å². The number of hydrogen-bond donors (Lipinski definition) is 0. The lowest BCUT2D eigenvalue weighted by molar-refractivity contribution is 0.0930. The largest absolute Gasteiger partial charge is 0.361 e. The Labute approximate surface area is 165 Å². The van der Waals surface area contributed by atoms with Gasteiger partial charge in [0.25, 0.3) is 0 Å². The predicted molar refractivity (Wildman–Crippen MR) is 103 cm³/mol. The molecule has 3 heterocycles. The van der Waals surface area contributed by atoms with E-state index in [4.69, 9.17) is 4.52 Å². The minimum Gasteiger partial charge on any atom is -0.361 e. The van der Waals surface area contributed by atoms with Crippen LogP contribution >= 0.6 is 0 Å². The molecule has 1 aromatic heterocycles. The highest BCUT2D eigenvalue weighted by atomic mass is 32.2. The van der Waals surface area contributed by atoms with Crippen molar-refractivity contribution in [2.24, 2.45) is 5.41 Å². The average Bonchev–Trinajstić information content (AvgIpc) is 3.21. The molecule has 0 radical (unpaired) electrons. The van der Waals surface area contributed by atoms with Gasteiger partial charge in [-0.15, -0.1) is 0 Å². The van der Waals surface area contributed by atoms with E-state index >= 15 is 0 Å². The van der Waals surface area contributed by atoms with Crippen molar-refractivity contribution in [3.8, 4) is 0 Å². The predicted octanol–water partition coefficient (Wildman–Crippen LogP) is 3.11. The monoisotopic (exact) mass is 407 g/mol. The van der Waals surface area contributed by atoms with Gasteiger partial charge >= 0.3 is 0 Å². The molecule has 28 heavy (non-hydrogen) atoms. The number of aromatic nitrogens is 1. The Bertz CT molecular complexity index is 938. The van der Waals surface area contributed by atoms with E-state index in [0.717, 1.165) is 55.9 Å². The van der Waals surface area contributed by atoms with E-state index in [1.807, 2.05) is 13.8 Å². The third kappa shape index (κ3) is 3.60. The molecule has 1 aromatic carbocycles. The van der Waals surface area contributed by atoms with Gasteiger partial charge in [-0.05, 0) is 69.3 Å². The molecule has 4 rings (SSSR count). The van der Waals surface area contributed by atoms with Gasteiger partial charge < -0.3 is 4.52 Å². The van der Waals surface area contributed by atoms with Crippen LogP contribution in [0.3, 0.4) is 0 Å². The number of aryl methyl sites for hydroxylation is 2. The number of piperidine rings is 1. The molecule has 2 saturated heterocycles. The summed E-state index contributed by atoms with van der Waals surface area (Å²) < 4.78 is 46.0. The second-order valence-corrected chi connectivity index (χ2v) is 10.1. The Kier molecular flexibility index (Phi) is 5.05. The van der Waals surface area contributed by atoms with Crippen molar-refractivity contribution in [3.63, 3.8) is 0 Å². The van der Waals surface area contributed by atoms with Gasteiger partial charge in [0.05, 0.1) is 10.6 Å². The second kappa shape index (κ2) is 7.24. The van der Waals surface area contributed by atoms with Crippen LogP contribution in [0.5, 0.6) is 0 Å². The molecule has 0 N–H and O–H groups in total. The van der Waals surface area contributed by atoms with Crippen molar-refractivity contribution in [2.45, 2.75) is 44.6 Å². The van der Waals surface area contributed by atoms with Crippen molar-refractivity contribution in [2.75, 3.05) is 26.2 Å². The Hall–Kier alpha value is -1.77. The maximum Gasteiger partial charge on any atom is 0.243 e. The molecule has 152 valence electrons. The normalized spacial score (nSPS) is 24.2. The summed E-state index contributed by atoms with van der Waals surface area (Å²) in [6.45, 7) is 7.57. The molecule has 0 amide bonds. The zero-order valence-corrected chi connectivity index (χ0v) is 17.1. The van der Waals surface area contributed by atoms with Crippen LogP contribution < -0.4 is 0 Å². The van der Waals surface area contributed by atoms with Gasteiger partial charge in [-0.1, -0.05) is 5.16 Å². The maximum atomic E-state index is 13.2. The number of hydrogen-bond acceptors (Lipinski definition) is 5. The van der Waals surface area contributed by atoms with Crippen LogP contribution in [0.15, 0.2) is 33.7 Å². The lowest BCUT2D eigenvalue weighted by Crippen LogP contribution is -2.45.